The number of hydrogen-bond donors (Lipinski definition) is 0. The van der Waals surface area contributed by atoms with Crippen LogP contribution in [0.2, 0.25) is 0 Å². The minimum Gasteiger partial charge on any atom is -0.461 e. The summed E-state index contributed by atoms with van der Waals surface area (Å²) in [6, 6.07) is 9.88. The predicted molar refractivity (Wildman–Crippen MR) is 116 cm³/mol. The van der Waals surface area contributed by atoms with Crippen molar-refractivity contribution in [3.8, 4) is 0 Å². The van der Waals surface area contributed by atoms with Crippen molar-refractivity contribution in [3.05, 3.63) is 35.9 Å². The van der Waals surface area contributed by atoms with E-state index in [9.17, 15) is 14.4 Å². The number of hydrogen-bond acceptors (Lipinski definition) is 4. The molecule has 1 aliphatic heterocycles. The molecule has 2 aliphatic rings. The van der Waals surface area contributed by atoms with E-state index in [1.165, 1.54) is 10.5 Å². The summed E-state index contributed by atoms with van der Waals surface area (Å²) in [6.45, 7) is 8.18. The number of ether oxygens (including phenoxy) is 1. The van der Waals surface area contributed by atoms with Gasteiger partial charge in [0.1, 0.15) is 12.1 Å². The van der Waals surface area contributed by atoms with E-state index in [1.807, 2.05) is 13.0 Å². The van der Waals surface area contributed by atoms with Crippen molar-refractivity contribution in [3.63, 3.8) is 0 Å². The first-order valence-corrected chi connectivity index (χ1v) is 11.3. The van der Waals surface area contributed by atoms with Gasteiger partial charge in [0.05, 0.1) is 0 Å². The van der Waals surface area contributed by atoms with Gasteiger partial charge in [-0.1, -0.05) is 58.0 Å². The highest BCUT2D eigenvalue weighted by atomic mass is 16.5. The number of nitrogens with zero attached hydrogens (tertiary/aromatic N) is 1. The van der Waals surface area contributed by atoms with Gasteiger partial charge in [-0.3, -0.25) is 9.59 Å². The van der Waals surface area contributed by atoms with Crippen molar-refractivity contribution in [1.29, 1.82) is 0 Å². The molecule has 3 rings (SSSR count). The molecule has 1 saturated carbocycles. The number of carbonyl (C=O) groups is 3. The van der Waals surface area contributed by atoms with Crippen molar-refractivity contribution in [2.75, 3.05) is 6.54 Å². The molecule has 5 heteroatoms. The summed E-state index contributed by atoms with van der Waals surface area (Å²) in [6.07, 6.45) is 5.33. The summed E-state index contributed by atoms with van der Waals surface area (Å²) >= 11 is 0. The number of ketones is 1. The molecule has 0 spiro atoms. The number of carbonyl (C=O) groups excluding carboxylic acids is 3. The van der Waals surface area contributed by atoms with Gasteiger partial charge in [0, 0.05) is 12.0 Å². The Kier molecular flexibility index (Phi) is 6.68. The highest BCUT2D eigenvalue weighted by Gasteiger charge is 2.43. The first-order valence-electron chi connectivity index (χ1n) is 11.3. The van der Waals surface area contributed by atoms with Crippen molar-refractivity contribution < 1.29 is 19.1 Å². The number of Topliss-reactive ketones (excluding diaryl/α,β-unsaturated/α-hetero) is 1. The molecule has 2 fully saturated rings. The fourth-order valence-corrected chi connectivity index (χ4v) is 4.55. The van der Waals surface area contributed by atoms with E-state index < -0.39 is 23.1 Å². The van der Waals surface area contributed by atoms with Gasteiger partial charge in [0.2, 0.25) is 5.78 Å². The van der Waals surface area contributed by atoms with Gasteiger partial charge in [0.25, 0.3) is 5.91 Å². The van der Waals surface area contributed by atoms with Crippen LogP contribution in [-0.2, 0) is 24.5 Å². The largest absolute Gasteiger partial charge is 0.461 e. The minimum absolute atomic E-state index is 0.109. The number of esters is 1. The third-order valence-corrected chi connectivity index (χ3v) is 7.27. The second-order valence-electron chi connectivity index (χ2n) is 9.79. The third-order valence-electron chi connectivity index (χ3n) is 7.27. The molecule has 1 amide bonds. The first-order chi connectivity index (χ1) is 14.2. The normalized spacial score (nSPS) is 27.0. The summed E-state index contributed by atoms with van der Waals surface area (Å²) in [4.78, 5) is 39.7. The van der Waals surface area contributed by atoms with E-state index in [0.29, 0.717) is 19.4 Å². The Morgan fingerprint density at radius 2 is 1.73 bits per heavy atom. The number of likely N-dealkylation sites (tertiary alicyclic amines) is 1. The third kappa shape index (κ3) is 4.60. The molecule has 0 aromatic heterocycles. The van der Waals surface area contributed by atoms with Gasteiger partial charge in [-0.05, 0) is 55.9 Å². The molecule has 0 radical (unpaired) electrons. The van der Waals surface area contributed by atoms with Crippen LogP contribution >= 0.6 is 0 Å². The molecule has 1 heterocycles. The Morgan fingerprint density at radius 1 is 1.10 bits per heavy atom. The van der Waals surface area contributed by atoms with Crippen LogP contribution < -0.4 is 0 Å². The van der Waals surface area contributed by atoms with Crippen molar-refractivity contribution in [2.24, 2.45) is 5.41 Å². The van der Waals surface area contributed by atoms with E-state index in [2.05, 4.69) is 31.2 Å². The van der Waals surface area contributed by atoms with Crippen LogP contribution in [0, 0.1) is 5.41 Å². The standard InChI is InChI=1S/C25H35NO4/c1-5-24(2,3)21(27)22(28)26-17-9-12-20(26)23(29)30-19-13-15-25(4,16-14-19)18-10-7-6-8-11-18/h6-8,10-11,19-20H,5,9,12-17H2,1-4H3. The SMILES string of the molecule is CCC(C)(C)C(=O)C(=O)N1CCCC1C(=O)OC1CCC(C)(c2ccccc2)CC1. The quantitative estimate of drug-likeness (QED) is 0.511. The lowest BCUT2D eigenvalue weighted by Crippen LogP contribution is -2.48. The van der Waals surface area contributed by atoms with Crippen molar-refractivity contribution in [2.45, 2.75) is 90.2 Å². The van der Waals surface area contributed by atoms with E-state index in [1.54, 1.807) is 13.8 Å². The van der Waals surface area contributed by atoms with Crippen molar-refractivity contribution >= 4 is 17.7 Å². The molecule has 5 nitrogen and oxygen atoms in total. The molecule has 1 aliphatic carbocycles. The second-order valence-corrected chi connectivity index (χ2v) is 9.79. The topological polar surface area (TPSA) is 63.7 Å². The van der Waals surface area contributed by atoms with Gasteiger partial charge < -0.3 is 9.64 Å². The van der Waals surface area contributed by atoms with E-state index in [4.69, 9.17) is 4.74 Å². The van der Waals surface area contributed by atoms with Crippen LogP contribution in [0.5, 0.6) is 0 Å². The molecule has 1 atom stereocenters. The summed E-state index contributed by atoms with van der Waals surface area (Å²) < 4.78 is 5.83. The molecule has 1 aromatic rings. The molecular weight excluding hydrogens is 378 g/mol. The second kappa shape index (κ2) is 8.91. The Labute approximate surface area is 180 Å². The maximum absolute atomic E-state index is 12.9. The van der Waals surface area contributed by atoms with Crippen LogP contribution in [0.1, 0.15) is 78.2 Å². The maximum Gasteiger partial charge on any atom is 0.329 e. The van der Waals surface area contributed by atoms with Gasteiger partial charge >= 0.3 is 5.97 Å². The zero-order chi connectivity index (χ0) is 21.9. The van der Waals surface area contributed by atoms with Gasteiger partial charge in [-0.25, -0.2) is 4.79 Å². The predicted octanol–water partition coefficient (Wildman–Crippen LogP) is 4.43. The molecule has 1 aromatic carbocycles. The van der Waals surface area contributed by atoms with E-state index >= 15 is 0 Å². The molecule has 1 saturated heterocycles. The van der Waals surface area contributed by atoms with Crippen LogP contribution in [0.3, 0.4) is 0 Å². The summed E-state index contributed by atoms with van der Waals surface area (Å²) in [5, 5.41) is 0. The fourth-order valence-electron chi connectivity index (χ4n) is 4.55. The van der Waals surface area contributed by atoms with E-state index in [-0.39, 0.29) is 17.5 Å². The zero-order valence-electron chi connectivity index (χ0n) is 18.8. The molecule has 1 unspecified atom stereocenters. The molecule has 30 heavy (non-hydrogen) atoms. The van der Waals surface area contributed by atoms with Crippen LogP contribution in [0.4, 0.5) is 0 Å². The first kappa shape index (κ1) is 22.5. The number of rotatable bonds is 6. The van der Waals surface area contributed by atoms with Crippen molar-refractivity contribution in [1.82, 2.24) is 4.90 Å². The molecular formula is C25H35NO4. The average molecular weight is 414 g/mol. The van der Waals surface area contributed by atoms with Gasteiger partial charge in [-0.15, -0.1) is 0 Å². The number of amides is 1. The highest BCUT2D eigenvalue weighted by Crippen LogP contribution is 2.40. The average Bonchev–Trinajstić information content (AvgIpc) is 3.25. The van der Waals surface area contributed by atoms with Crippen LogP contribution in [0.25, 0.3) is 0 Å². The zero-order valence-corrected chi connectivity index (χ0v) is 18.8. The maximum atomic E-state index is 12.9. The Hall–Kier alpha value is -2.17. The number of benzene rings is 1. The monoisotopic (exact) mass is 413 g/mol. The molecule has 164 valence electrons. The lowest BCUT2D eigenvalue weighted by atomic mass is 9.70. The van der Waals surface area contributed by atoms with Gasteiger partial charge in [-0.2, -0.15) is 0 Å². The Balaban J connectivity index is 1.58. The minimum atomic E-state index is -0.709. The van der Waals surface area contributed by atoms with Gasteiger partial charge in [0.15, 0.2) is 0 Å². The molecule has 0 N–H and O–H groups in total. The summed E-state index contributed by atoms with van der Waals surface area (Å²) in [5.74, 6) is -1.31. The Morgan fingerprint density at radius 3 is 2.33 bits per heavy atom. The summed E-state index contributed by atoms with van der Waals surface area (Å²) in [5.41, 5.74) is 0.733. The lowest BCUT2D eigenvalue weighted by Gasteiger charge is -2.38. The van der Waals surface area contributed by atoms with Crippen LogP contribution in [0.15, 0.2) is 30.3 Å². The fraction of sp³-hybridized carbons (Fsp3) is 0.640. The molecule has 0 bridgehead atoms. The van der Waals surface area contributed by atoms with Crippen LogP contribution in [-0.4, -0.2) is 41.3 Å². The van der Waals surface area contributed by atoms with E-state index in [0.717, 1.165) is 32.1 Å². The smallest absolute Gasteiger partial charge is 0.329 e. The summed E-state index contributed by atoms with van der Waals surface area (Å²) in [7, 11) is 0. The lowest BCUT2D eigenvalue weighted by molar-refractivity contribution is -0.162. The Bertz CT molecular complexity index is 778. The highest BCUT2D eigenvalue weighted by molar-refractivity contribution is 6.38.